The van der Waals surface area contributed by atoms with Gasteiger partial charge in [-0.2, -0.15) is 0 Å². The van der Waals surface area contributed by atoms with Crippen LogP contribution in [-0.4, -0.2) is 51.0 Å². The Morgan fingerprint density at radius 3 is 2.11 bits per heavy atom. The molecular weight excluding hydrogens is 276 g/mol. The van der Waals surface area contributed by atoms with E-state index in [0.717, 1.165) is 13.2 Å². The molecule has 1 heterocycles. The van der Waals surface area contributed by atoms with Crippen LogP contribution >= 0.6 is 0 Å². The number of ether oxygens (including phenoxy) is 2. The first kappa shape index (κ1) is 24.6. The monoisotopic (exact) mass is 291 g/mol. The summed E-state index contributed by atoms with van der Waals surface area (Å²) in [5.41, 5.74) is 0. The predicted octanol–water partition coefficient (Wildman–Crippen LogP) is -9.33. The summed E-state index contributed by atoms with van der Waals surface area (Å²) in [6.45, 7) is 4.82. The summed E-state index contributed by atoms with van der Waals surface area (Å²) in [5, 5.41) is 21.2. The van der Waals surface area contributed by atoms with Gasteiger partial charge in [-0.15, -0.1) is 6.58 Å². The molecule has 1 rings (SSSR count). The van der Waals surface area contributed by atoms with E-state index in [1.807, 2.05) is 0 Å². The first-order valence-corrected chi connectivity index (χ1v) is 4.97. The molecule has 1 aliphatic rings. The number of nitrogens with one attached hydrogen (secondary N) is 1. The molecule has 9 heteroatoms. The smallest absolute Gasteiger partial charge is 0.549 e. The van der Waals surface area contributed by atoms with E-state index in [0.29, 0.717) is 12.7 Å². The van der Waals surface area contributed by atoms with Crippen molar-refractivity contribution in [2.45, 2.75) is 6.10 Å². The van der Waals surface area contributed by atoms with Crippen molar-refractivity contribution in [3.05, 3.63) is 12.7 Å². The maximum atomic E-state index is 9.59. The molecule has 98 valence electrons. The third-order valence-corrected chi connectivity index (χ3v) is 1.48. The van der Waals surface area contributed by atoms with Crippen LogP contribution in [-0.2, 0) is 19.1 Å². The molecule has 1 aliphatic heterocycles. The molecule has 0 aliphatic carbocycles. The van der Waals surface area contributed by atoms with Gasteiger partial charge in [-0.05, 0) is 0 Å². The minimum Gasteiger partial charge on any atom is -0.549 e. The van der Waals surface area contributed by atoms with Gasteiger partial charge in [-0.1, -0.05) is 6.08 Å². The van der Waals surface area contributed by atoms with Crippen LogP contribution in [0.1, 0.15) is 0 Å². The third-order valence-electron chi connectivity index (χ3n) is 1.48. The predicted molar refractivity (Wildman–Crippen MR) is 53.6 cm³/mol. The fourth-order valence-corrected chi connectivity index (χ4v) is 0.714. The minimum absolute atomic E-state index is 0. The number of hydrogen-bond acceptors (Lipinski definition) is 7. The molecule has 0 amide bonds. The second kappa shape index (κ2) is 16.6. The Kier molecular flexibility index (Phi) is 21.5. The van der Waals surface area contributed by atoms with Gasteiger partial charge in [0.2, 0.25) is 0 Å². The maximum Gasteiger partial charge on any atom is 1.00 e. The van der Waals surface area contributed by atoms with Crippen LogP contribution in [0.25, 0.3) is 0 Å². The number of carbonyl (C=O) groups is 2. The van der Waals surface area contributed by atoms with E-state index in [-0.39, 0.29) is 59.1 Å². The molecule has 1 atom stereocenters. The van der Waals surface area contributed by atoms with Crippen LogP contribution in [0.3, 0.4) is 0 Å². The van der Waals surface area contributed by atoms with Crippen molar-refractivity contribution in [3.8, 4) is 0 Å². The Labute approximate surface area is 156 Å². The molecule has 0 aromatic heterocycles. The first-order valence-electron chi connectivity index (χ1n) is 4.97. The molecule has 1 N–H and O–H groups in total. The molecule has 7 nitrogen and oxygen atoms in total. The number of epoxide rings is 1. The van der Waals surface area contributed by atoms with E-state index >= 15 is 0 Å². The van der Waals surface area contributed by atoms with Crippen molar-refractivity contribution in [1.82, 2.24) is 5.32 Å². The van der Waals surface area contributed by atoms with Crippen LogP contribution in [0.2, 0.25) is 0 Å². The van der Waals surface area contributed by atoms with E-state index < -0.39 is 25.0 Å². The number of carboxylic acids is 2. The summed E-state index contributed by atoms with van der Waals surface area (Å²) >= 11 is 0. The van der Waals surface area contributed by atoms with Gasteiger partial charge in [0, 0.05) is 13.1 Å². The van der Waals surface area contributed by atoms with Crippen molar-refractivity contribution >= 4 is 11.9 Å². The zero-order valence-electron chi connectivity index (χ0n) is 11.3. The maximum absolute atomic E-state index is 9.59. The molecule has 1 fully saturated rings. The molecule has 0 aromatic rings. The Morgan fingerprint density at radius 2 is 1.79 bits per heavy atom. The van der Waals surface area contributed by atoms with Gasteiger partial charge in [0.05, 0.1) is 31.8 Å². The summed E-state index contributed by atoms with van der Waals surface area (Å²) in [5.74, 6) is -2.67. The second-order valence-corrected chi connectivity index (χ2v) is 3.13. The number of rotatable bonds is 8. The number of hydrogen-bond donors (Lipinski definition) is 1. The quantitative estimate of drug-likeness (QED) is 0.204. The second-order valence-electron chi connectivity index (χ2n) is 3.13. The summed E-state index contributed by atoms with van der Waals surface area (Å²) in [7, 11) is 0. The topological polar surface area (TPSA) is 114 Å². The number of carboxylic acid groups (broad SMARTS) is 2. The fourth-order valence-electron chi connectivity index (χ4n) is 0.714. The molecule has 19 heavy (non-hydrogen) atoms. The molecule has 1 saturated heterocycles. The number of carbonyl (C=O) groups excluding carboxylic acids is 2. The van der Waals surface area contributed by atoms with E-state index in [1.165, 1.54) is 0 Å². The molecule has 0 bridgehead atoms. The van der Waals surface area contributed by atoms with Crippen LogP contribution in [0.5, 0.6) is 0 Å². The van der Waals surface area contributed by atoms with Crippen LogP contribution in [0, 0.1) is 0 Å². The minimum atomic E-state index is -1.34. The molecule has 0 saturated carbocycles. The van der Waals surface area contributed by atoms with Crippen molar-refractivity contribution in [3.63, 3.8) is 0 Å². The summed E-state index contributed by atoms with van der Waals surface area (Å²) < 4.78 is 9.96. The van der Waals surface area contributed by atoms with Crippen LogP contribution in [0.4, 0.5) is 0 Å². The molecular formula is C10H15NNa2O6. The van der Waals surface area contributed by atoms with Crippen molar-refractivity contribution in [2.75, 3.05) is 32.9 Å². The van der Waals surface area contributed by atoms with Gasteiger partial charge in [0.25, 0.3) is 0 Å². The molecule has 0 radical (unpaired) electrons. The standard InChI is InChI=1S/C6H10O2.C4H7NO4.2Na/c1-2-3-7-4-6-5-8-6;6-3(7)1-5-2-4(8)9;;/h2,6H,1,3-5H2;5H,1-2H2,(H,6,7)(H,8,9);;/q;;2*+1/p-2. The van der Waals surface area contributed by atoms with Crippen molar-refractivity contribution in [2.24, 2.45) is 0 Å². The third kappa shape index (κ3) is 24.0. The van der Waals surface area contributed by atoms with Crippen LogP contribution < -0.4 is 74.6 Å². The van der Waals surface area contributed by atoms with Gasteiger partial charge in [0.15, 0.2) is 0 Å². The van der Waals surface area contributed by atoms with Gasteiger partial charge >= 0.3 is 59.1 Å². The van der Waals surface area contributed by atoms with E-state index in [9.17, 15) is 19.8 Å². The van der Waals surface area contributed by atoms with E-state index in [4.69, 9.17) is 9.47 Å². The summed E-state index contributed by atoms with van der Waals surface area (Å²) in [6.07, 6.45) is 2.12. The Bertz CT molecular complexity index is 246. The Hall–Kier alpha value is 0.560. The van der Waals surface area contributed by atoms with E-state index in [1.54, 1.807) is 6.08 Å². The van der Waals surface area contributed by atoms with Crippen molar-refractivity contribution < 1.29 is 88.4 Å². The largest absolute Gasteiger partial charge is 1.00 e. The molecule has 0 spiro atoms. The fraction of sp³-hybridized carbons (Fsp3) is 0.600. The zero-order chi connectivity index (χ0) is 13.1. The summed E-state index contributed by atoms with van der Waals surface area (Å²) in [6, 6.07) is 0. The SMILES string of the molecule is C=CCOCC1CO1.O=C([O-])CNCC(=O)[O-].[Na+].[Na+]. The molecule has 1 unspecified atom stereocenters. The van der Waals surface area contributed by atoms with Gasteiger partial charge in [-0.3, -0.25) is 0 Å². The van der Waals surface area contributed by atoms with E-state index in [2.05, 4.69) is 11.9 Å². The van der Waals surface area contributed by atoms with Crippen LogP contribution in [0.15, 0.2) is 12.7 Å². The summed E-state index contributed by atoms with van der Waals surface area (Å²) in [4.78, 5) is 19.2. The van der Waals surface area contributed by atoms with Crippen molar-refractivity contribution in [1.29, 1.82) is 0 Å². The van der Waals surface area contributed by atoms with Gasteiger partial charge in [-0.25, -0.2) is 0 Å². The Morgan fingerprint density at radius 1 is 1.32 bits per heavy atom. The average Bonchev–Trinajstić information content (AvgIpc) is 3.02. The normalized spacial score (nSPS) is 14.8. The zero-order valence-corrected chi connectivity index (χ0v) is 15.3. The first-order chi connectivity index (χ1) is 8.06. The van der Waals surface area contributed by atoms with Gasteiger partial charge < -0.3 is 34.6 Å². The average molecular weight is 291 g/mol. The molecule has 0 aromatic carbocycles. The Balaban J connectivity index is -0.000000244. The van der Waals surface area contributed by atoms with Gasteiger partial charge in [0.1, 0.15) is 6.10 Å². The number of aliphatic carboxylic acids is 2.